The summed E-state index contributed by atoms with van der Waals surface area (Å²) in [5, 5.41) is -0.958. The van der Waals surface area contributed by atoms with Gasteiger partial charge in [0.2, 0.25) is 0 Å². The highest BCUT2D eigenvalue weighted by Crippen LogP contribution is 2.44. The lowest BCUT2D eigenvalue weighted by Crippen LogP contribution is -2.47. The van der Waals surface area contributed by atoms with Crippen LogP contribution in [0.2, 0.25) is 0 Å². The SMILES string of the molecule is CC(C)(C)N(C(=O)OC1(Cl)CC1)S(=O)O. The molecule has 0 bridgehead atoms. The summed E-state index contributed by atoms with van der Waals surface area (Å²) >= 11 is 3.38. The van der Waals surface area contributed by atoms with Crippen LogP contribution in [-0.4, -0.2) is 29.8 Å². The molecule has 0 aromatic rings. The van der Waals surface area contributed by atoms with E-state index in [4.69, 9.17) is 20.9 Å². The Morgan fingerprint density at radius 3 is 2.27 bits per heavy atom. The molecule has 0 heterocycles. The largest absolute Gasteiger partial charge is 0.426 e. The van der Waals surface area contributed by atoms with Crippen LogP contribution < -0.4 is 0 Å². The zero-order valence-corrected chi connectivity index (χ0v) is 10.4. The molecule has 0 aliphatic heterocycles. The second kappa shape index (κ2) is 3.92. The number of nitrogens with zero attached hydrogens (tertiary/aromatic N) is 1. The van der Waals surface area contributed by atoms with Gasteiger partial charge in [0.15, 0.2) is 5.06 Å². The Kier molecular flexibility index (Phi) is 3.33. The van der Waals surface area contributed by atoms with Crippen molar-refractivity contribution in [3.05, 3.63) is 0 Å². The Morgan fingerprint density at radius 1 is 1.53 bits per heavy atom. The molecule has 1 atom stereocenters. The molecule has 88 valence electrons. The number of ether oxygens (including phenoxy) is 1. The third-order valence-electron chi connectivity index (χ3n) is 1.84. The van der Waals surface area contributed by atoms with E-state index in [1.165, 1.54) is 0 Å². The Bertz CT molecular complexity index is 298. The monoisotopic (exact) mass is 255 g/mol. The second-order valence-corrected chi connectivity index (χ2v) is 5.96. The van der Waals surface area contributed by atoms with Gasteiger partial charge in [-0.3, -0.25) is 4.55 Å². The van der Waals surface area contributed by atoms with Crippen LogP contribution in [0.25, 0.3) is 0 Å². The number of halogens is 1. The van der Waals surface area contributed by atoms with Gasteiger partial charge in [0.1, 0.15) is 0 Å². The maximum Gasteiger partial charge on any atom is 0.425 e. The molecule has 1 N–H and O–H groups in total. The van der Waals surface area contributed by atoms with E-state index >= 15 is 0 Å². The first-order chi connectivity index (χ1) is 6.66. The van der Waals surface area contributed by atoms with Crippen LogP contribution in [0, 0.1) is 0 Å². The van der Waals surface area contributed by atoms with Crippen LogP contribution in [0.1, 0.15) is 33.6 Å². The van der Waals surface area contributed by atoms with E-state index in [0.717, 1.165) is 4.31 Å². The van der Waals surface area contributed by atoms with Crippen LogP contribution >= 0.6 is 11.6 Å². The van der Waals surface area contributed by atoms with E-state index in [-0.39, 0.29) is 0 Å². The molecule has 7 heteroatoms. The van der Waals surface area contributed by atoms with Gasteiger partial charge in [-0.25, -0.2) is 9.00 Å². The topological polar surface area (TPSA) is 66.8 Å². The Labute approximate surface area is 96.1 Å². The highest BCUT2D eigenvalue weighted by Gasteiger charge is 2.47. The molecule has 5 nitrogen and oxygen atoms in total. The molecule has 1 unspecified atom stereocenters. The summed E-state index contributed by atoms with van der Waals surface area (Å²) in [6.07, 6.45) is 0.294. The molecule has 0 aromatic heterocycles. The molecule has 1 rings (SSSR count). The minimum Gasteiger partial charge on any atom is -0.426 e. The molecule has 0 saturated heterocycles. The standard InChI is InChI=1S/C8H14ClNO4S/c1-7(2,3)10(15(12)13)6(11)14-8(9)4-5-8/h4-5H2,1-3H3,(H,12,13). The highest BCUT2D eigenvalue weighted by molar-refractivity contribution is 7.77. The predicted molar refractivity (Wildman–Crippen MR) is 56.7 cm³/mol. The smallest absolute Gasteiger partial charge is 0.425 e. The summed E-state index contributed by atoms with van der Waals surface area (Å²) < 4.78 is 25.6. The van der Waals surface area contributed by atoms with E-state index < -0.39 is 28.0 Å². The molecule has 0 aromatic carbocycles. The van der Waals surface area contributed by atoms with Gasteiger partial charge in [-0.1, -0.05) is 11.6 Å². The van der Waals surface area contributed by atoms with Gasteiger partial charge in [-0.2, -0.15) is 4.31 Å². The first-order valence-corrected chi connectivity index (χ1v) is 5.93. The lowest BCUT2D eigenvalue weighted by molar-refractivity contribution is 0.0853. The molecule has 1 aliphatic carbocycles. The lowest BCUT2D eigenvalue weighted by atomic mass is 10.1. The van der Waals surface area contributed by atoms with Crippen LogP contribution in [0.4, 0.5) is 4.79 Å². The molecule has 15 heavy (non-hydrogen) atoms. The molecule has 0 radical (unpaired) electrons. The van der Waals surface area contributed by atoms with Crippen molar-refractivity contribution >= 4 is 29.0 Å². The van der Waals surface area contributed by atoms with Gasteiger partial charge >= 0.3 is 6.09 Å². The number of carbonyl (C=O) groups excluding carboxylic acids is 1. The van der Waals surface area contributed by atoms with Crippen LogP contribution in [-0.2, 0) is 16.0 Å². The maximum absolute atomic E-state index is 11.6. The molecule has 0 spiro atoms. The van der Waals surface area contributed by atoms with Crippen molar-refractivity contribution in [2.24, 2.45) is 0 Å². The number of hydrogen-bond acceptors (Lipinski definition) is 3. The third-order valence-corrected chi connectivity index (χ3v) is 3.31. The Morgan fingerprint density at radius 2 is 2.00 bits per heavy atom. The third kappa shape index (κ3) is 3.32. The first kappa shape index (κ1) is 12.7. The van der Waals surface area contributed by atoms with Crippen LogP contribution in [0.15, 0.2) is 0 Å². The van der Waals surface area contributed by atoms with E-state index in [1.807, 2.05) is 0 Å². The van der Waals surface area contributed by atoms with Crippen molar-refractivity contribution in [1.82, 2.24) is 4.31 Å². The number of alkyl halides is 1. The van der Waals surface area contributed by atoms with Gasteiger partial charge in [0.05, 0.1) is 5.54 Å². The minimum atomic E-state index is -2.41. The summed E-state index contributed by atoms with van der Waals surface area (Å²) in [5.41, 5.74) is -0.793. The van der Waals surface area contributed by atoms with Crippen LogP contribution in [0.3, 0.4) is 0 Å². The van der Waals surface area contributed by atoms with Crippen LogP contribution in [0.5, 0.6) is 0 Å². The van der Waals surface area contributed by atoms with Crippen molar-refractivity contribution in [3.8, 4) is 0 Å². The quantitative estimate of drug-likeness (QED) is 0.606. The summed E-state index contributed by atoms with van der Waals surface area (Å²) in [6, 6.07) is 0. The van der Waals surface area contributed by atoms with Crippen molar-refractivity contribution in [2.75, 3.05) is 0 Å². The average molecular weight is 256 g/mol. The van der Waals surface area contributed by atoms with Gasteiger partial charge in [0.25, 0.3) is 11.3 Å². The first-order valence-electron chi connectivity index (χ1n) is 4.49. The molecule has 1 amide bonds. The molecule has 1 saturated carbocycles. The van der Waals surface area contributed by atoms with E-state index in [9.17, 15) is 9.00 Å². The maximum atomic E-state index is 11.6. The van der Waals surface area contributed by atoms with Gasteiger partial charge in [-0.15, -0.1) is 0 Å². The van der Waals surface area contributed by atoms with Crippen molar-refractivity contribution in [2.45, 2.75) is 44.2 Å². The molecular weight excluding hydrogens is 242 g/mol. The lowest BCUT2D eigenvalue weighted by Gasteiger charge is -2.31. The van der Waals surface area contributed by atoms with Gasteiger partial charge in [0, 0.05) is 12.8 Å². The normalized spacial score (nSPS) is 20.6. The summed E-state index contributed by atoms with van der Waals surface area (Å²) in [7, 11) is 0. The minimum absolute atomic E-state index is 0.580. The van der Waals surface area contributed by atoms with Crippen molar-refractivity contribution < 1.29 is 18.3 Å². The van der Waals surface area contributed by atoms with Gasteiger partial charge in [-0.05, 0) is 20.8 Å². The highest BCUT2D eigenvalue weighted by atomic mass is 35.5. The number of hydrogen-bond donors (Lipinski definition) is 1. The Hall–Kier alpha value is -0.330. The number of amides is 1. The number of rotatable bonds is 2. The van der Waals surface area contributed by atoms with Crippen molar-refractivity contribution in [1.29, 1.82) is 0 Å². The molecule has 1 aliphatic rings. The Balaban J connectivity index is 2.72. The summed E-state index contributed by atoms with van der Waals surface area (Å²) in [5.74, 6) is 0. The zero-order valence-electron chi connectivity index (χ0n) is 8.82. The zero-order chi connectivity index (χ0) is 11.9. The summed E-state index contributed by atoms with van der Waals surface area (Å²) in [4.78, 5) is 11.6. The molecular formula is C8H14ClNO4S. The van der Waals surface area contributed by atoms with Gasteiger partial charge < -0.3 is 4.74 Å². The van der Waals surface area contributed by atoms with E-state index in [1.54, 1.807) is 20.8 Å². The van der Waals surface area contributed by atoms with E-state index in [0.29, 0.717) is 12.8 Å². The average Bonchev–Trinajstić information content (AvgIpc) is 2.61. The van der Waals surface area contributed by atoms with Crippen molar-refractivity contribution in [3.63, 3.8) is 0 Å². The predicted octanol–water partition coefficient (Wildman–Crippen LogP) is 2.09. The fourth-order valence-corrected chi connectivity index (χ4v) is 1.76. The second-order valence-electron chi connectivity index (χ2n) is 4.45. The van der Waals surface area contributed by atoms with E-state index in [2.05, 4.69) is 0 Å². The molecule has 1 fully saturated rings. The number of carbonyl (C=O) groups is 1. The summed E-state index contributed by atoms with van der Waals surface area (Å²) in [6.45, 7) is 4.91. The fraction of sp³-hybridized carbons (Fsp3) is 0.875. The fourth-order valence-electron chi connectivity index (χ4n) is 0.970.